The predicted octanol–water partition coefficient (Wildman–Crippen LogP) is 5.87. The highest BCUT2D eigenvalue weighted by molar-refractivity contribution is 5.84. The number of nitrogens with one attached hydrogen (secondary N) is 1. The number of ether oxygens (including phenoxy) is 1. The van der Waals surface area contributed by atoms with E-state index in [-0.39, 0.29) is 42.3 Å². The maximum absolute atomic E-state index is 15.4. The number of halogens is 5. The second-order valence-corrected chi connectivity index (χ2v) is 9.52. The molecular weight excluding hydrogens is 509 g/mol. The van der Waals surface area contributed by atoms with Gasteiger partial charge in [-0.3, -0.25) is 9.78 Å². The molecule has 0 radical (unpaired) electrons. The molecule has 6 nitrogen and oxygen atoms in total. The second kappa shape index (κ2) is 11.5. The Morgan fingerprint density at radius 3 is 2.45 bits per heavy atom. The molecule has 0 aliphatic carbocycles. The van der Waals surface area contributed by atoms with Crippen molar-refractivity contribution in [1.29, 1.82) is 0 Å². The van der Waals surface area contributed by atoms with Gasteiger partial charge in [0, 0.05) is 41.9 Å². The zero-order valence-electron chi connectivity index (χ0n) is 20.7. The van der Waals surface area contributed by atoms with Gasteiger partial charge in [0.15, 0.2) is 17.5 Å². The van der Waals surface area contributed by atoms with Gasteiger partial charge >= 0.3 is 5.97 Å². The first-order valence-corrected chi connectivity index (χ1v) is 12.2. The van der Waals surface area contributed by atoms with Crippen LogP contribution in [0.1, 0.15) is 37.4 Å². The number of fused-ring (bicyclic) bond motifs is 1. The number of carboxylic acid groups (broad SMARTS) is 1. The smallest absolute Gasteiger partial charge is 0.309 e. The zero-order valence-corrected chi connectivity index (χ0v) is 20.7. The maximum atomic E-state index is 15.4. The van der Waals surface area contributed by atoms with Crippen molar-refractivity contribution in [3.63, 3.8) is 0 Å². The first kappa shape index (κ1) is 27.6. The van der Waals surface area contributed by atoms with Crippen molar-refractivity contribution in [2.75, 3.05) is 38.6 Å². The number of aromatic nitrogens is 1. The molecule has 1 aromatic heterocycles. The standard InChI is InChI=1S/C27H28F5N3O3/c1-38-17-2-3-23-18(14-17)24(22(31)15-34-23)19(28)4-5-27(26(36)37)6-9-35(10-7-27)11-8-33-16-12-20(29)25(32)21(30)13-16/h2-3,12-15,19,33H,4-11H2,1H3,(H,36,37)/t19-/m0/s1. The van der Waals surface area contributed by atoms with Gasteiger partial charge in [-0.05, 0) is 57.0 Å². The highest BCUT2D eigenvalue weighted by Crippen LogP contribution is 2.41. The van der Waals surface area contributed by atoms with Crippen molar-refractivity contribution in [2.24, 2.45) is 5.41 Å². The fraction of sp³-hybridized carbons (Fsp3) is 0.407. The molecule has 1 aliphatic rings. The minimum Gasteiger partial charge on any atom is -0.497 e. The van der Waals surface area contributed by atoms with E-state index in [1.807, 2.05) is 4.90 Å². The van der Waals surface area contributed by atoms with Crippen molar-refractivity contribution in [3.8, 4) is 5.75 Å². The van der Waals surface area contributed by atoms with Crippen LogP contribution in [-0.4, -0.2) is 54.2 Å². The summed E-state index contributed by atoms with van der Waals surface area (Å²) < 4.78 is 75.1. The van der Waals surface area contributed by atoms with E-state index in [1.165, 1.54) is 13.2 Å². The summed E-state index contributed by atoms with van der Waals surface area (Å²) in [5.74, 6) is -5.51. The minimum absolute atomic E-state index is 0.0247. The number of benzene rings is 2. The van der Waals surface area contributed by atoms with Crippen molar-refractivity contribution in [2.45, 2.75) is 31.9 Å². The van der Waals surface area contributed by atoms with E-state index in [1.54, 1.807) is 12.1 Å². The molecule has 0 bridgehead atoms. The Bertz CT molecular complexity index is 1290. The van der Waals surface area contributed by atoms with Crippen molar-refractivity contribution >= 4 is 22.6 Å². The van der Waals surface area contributed by atoms with E-state index in [9.17, 15) is 27.5 Å². The van der Waals surface area contributed by atoms with Crippen LogP contribution in [0.2, 0.25) is 0 Å². The lowest BCUT2D eigenvalue weighted by atomic mass is 9.74. The lowest BCUT2D eigenvalue weighted by Crippen LogP contribution is -2.45. The molecule has 2 N–H and O–H groups in total. The number of rotatable bonds is 10. The summed E-state index contributed by atoms with van der Waals surface area (Å²) in [6, 6.07) is 6.49. The number of piperidine rings is 1. The summed E-state index contributed by atoms with van der Waals surface area (Å²) in [7, 11) is 1.45. The third-order valence-corrected chi connectivity index (χ3v) is 7.27. The summed E-state index contributed by atoms with van der Waals surface area (Å²) in [4.78, 5) is 18.2. The normalized spacial score (nSPS) is 16.4. The molecule has 0 unspecified atom stereocenters. The molecule has 0 amide bonds. The van der Waals surface area contributed by atoms with Crippen LogP contribution in [0.4, 0.5) is 27.6 Å². The van der Waals surface area contributed by atoms with Crippen molar-refractivity contribution in [3.05, 3.63) is 65.4 Å². The van der Waals surface area contributed by atoms with Gasteiger partial charge in [-0.15, -0.1) is 0 Å². The molecule has 1 saturated heterocycles. The molecule has 2 heterocycles. The average Bonchev–Trinajstić information content (AvgIpc) is 2.90. The molecule has 38 heavy (non-hydrogen) atoms. The highest BCUT2D eigenvalue weighted by Gasteiger charge is 2.41. The third kappa shape index (κ3) is 5.82. The summed E-state index contributed by atoms with van der Waals surface area (Å²) >= 11 is 0. The zero-order chi connectivity index (χ0) is 27.4. The first-order chi connectivity index (χ1) is 18.1. The van der Waals surface area contributed by atoms with Gasteiger partial charge < -0.3 is 20.1 Å². The van der Waals surface area contributed by atoms with Gasteiger partial charge in [0.2, 0.25) is 0 Å². The number of pyridine rings is 1. The van der Waals surface area contributed by atoms with Gasteiger partial charge in [-0.25, -0.2) is 22.0 Å². The summed E-state index contributed by atoms with van der Waals surface area (Å²) in [5.41, 5.74) is -0.813. The van der Waals surface area contributed by atoms with Crippen LogP contribution in [-0.2, 0) is 4.79 Å². The molecule has 0 spiro atoms. The second-order valence-electron chi connectivity index (χ2n) is 9.52. The van der Waals surface area contributed by atoms with Crippen molar-refractivity contribution in [1.82, 2.24) is 9.88 Å². The number of likely N-dealkylation sites (tertiary alicyclic amines) is 1. The summed E-state index contributed by atoms with van der Waals surface area (Å²) in [5, 5.41) is 13.1. The van der Waals surface area contributed by atoms with Crippen LogP contribution in [0.5, 0.6) is 5.75 Å². The Labute approximate surface area is 216 Å². The average molecular weight is 538 g/mol. The fourth-order valence-corrected chi connectivity index (χ4v) is 4.95. The van der Waals surface area contributed by atoms with Gasteiger partial charge in [0.25, 0.3) is 0 Å². The lowest BCUT2D eigenvalue weighted by Gasteiger charge is -2.39. The molecule has 11 heteroatoms. The van der Waals surface area contributed by atoms with Gasteiger partial charge in [-0.1, -0.05) is 0 Å². The van der Waals surface area contributed by atoms with E-state index in [4.69, 9.17) is 4.74 Å². The number of carboxylic acids is 1. The number of hydrogen-bond acceptors (Lipinski definition) is 5. The fourth-order valence-electron chi connectivity index (χ4n) is 4.95. The van der Waals surface area contributed by atoms with E-state index < -0.39 is 40.8 Å². The van der Waals surface area contributed by atoms with Crippen LogP contribution in [0.15, 0.2) is 36.5 Å². The number of aliphatic carboxylic acids is 1. The Kier molecular flexibility index (Phi) is 8.35. The minimum atomic E-state index is -1.73. The van der Waals surface area contributed by atoms with Crippen LogP contribution >= 0.6 is 0 Å². The Morgan fingerprint density at radius 1 is 1.13 bits per heavy atom. The molecule has 0 saturated carbocycles. The largest absolute Gasteiger partial charge is 0.497 e. The third-order valence-electron chi connectivity index (χ3n) is 7.27. The predicted molar refractivity (Wildman–Crippen MR) is 132 cm³/mol. The monoisotopic (exact) mass is 537 g/mol. The van der Waals surface area contributed by atoms with Crippen LogP contribution in [0.25, 0.3) is 10.9 Å². The van der Waals surface area contributed by atoms with Crippen LogP contribution in [0, 0.1) is 28.7 Å². The number of nitrogens with zero attached hydrogens (tertiary/aromatic N) is 2. The summed E-state index contributed by atoms with van der Waals surface area (Å²) in [6.45, 7) is 1.59. The molecular formula is C27H28F5N3O3. The van der Waals surface area contributed by atoms with E-state index in [2.05, 4.69) is 10.3 Å². The Hall–Kier alpha value is -3.47. The number of methoxy groups -OCH3 is 1. The molecule has 204 valence electrons. The van der Waals surface area contributed by atoms with Gasteiger partial charge in [0.1, 0.15) is 17.7 Å². The van der Waals surface area contributed by atoms with E-state index in [0.29, 0.717) is 37.4 Å². The number of carbonyl (C=O) groups is 1. The molecule has 2 aromatic carbocycles. The molecule has 4 rings (SSSR count). The van der Waals surface area contributed by atoms with Crippen LogP contribution < -0.4 is 10.1 Å². The maximum Gasteiger partial charge on any atom is 0.309 e. The lowest BCUT2D eigenvalue weighted by molar-refractivity contribution is -0.153. The van der Waals surface area contributed by atoms with Gasteiger partial charge in [-0.2, -0.15) is 0 Å². The van der Waals surface area contributed by atoms with E-state index in [0.717, 1.165) is 18.3 Å². The quantitative estimate of drug-likeness (QED) is 0.249. The molecule has 1 aliphatic heterocycles. The molecule has 1 fully saturated rings. The topological polar surface area (TPSA) is 74.7 Å². The van der Waals surface area contributed by atoms with Crippen LogP contribution in [0.3, 0.4) is 0 Å². The molecule has 1 atom stereocenters. The van der Waals surface area contributed by atoms with E-state index >= 15 is 4.39 Å². The number of anilines is 1. The number of hydrogen-bond donors (Lipinski definition) is 2. The SMILES string of the molecule is COc1ccc2ncc(F)c([C@@H](F)CCC3(C(=O)O)CCN(CCNc4cc(F)c(F)c(F)c4)CC3)c2c1. The first-order valence-electron chi connectivity index (χ1n) is 12.2. The summed E-state index contributed by atoms with van der Waals surface area (Å²) in [6.07, 6.45) is -0.391. The highest BCUT2D eigenvalue weighted by atomic mass is 19.2. The Morgan fingerprint density at radius 2 is 1.82 bits per heavy atom. The van der Waals surface area contributed by atoms with Gasteiger partial charge in [0.05, 0.1) is 24.2 Å². The Balaban J connectivity index is 1.36. The molecule has 3 aromatic rings. The van der Waals surface area contributed by atoms with Crippen molar-refractivity contribution < 1.29 is 36.6 Å². The number of alkyl halides is 1.